The molecule has 1 aromatic carbocycles. The van der Waals surface area contributed by atoms with Gasteiger partial charge in [-0.25, -0.2) is 4.98 Å². The molecule has 0 aliphatic heterocycles. The van der Waals surface area contributed by atoms with Crippen molar-refractivity contribution >= 4 is 28.2 Å². The van der Waals surface area contributed by atoms with E-state index in [1.54, 1.807) is 19.6 Å². The molecule has 26 heavy (non-hydrogen) atoms. The van der Waals surface area contributed by atoms with E-state index in [1.807, 2.05) is 30.4 Å². The van der Waals surface area contributed by atoms with Crippen molar-refractivity contribution in [2.45, 2.75) is 27.7 Å². The predicted molar refractivity (Wildman–Crippen MR) is 106 cm³/mol. The molecular formula is C20H21ClN4O. The molecule has 3 aromatic heterocycles. The predicted octanol–water partition coefficient (Wildman–Crippen LogP) is 5.25. The largest absolute Gasteiger partial charge is 0.496 e. The normalized spacial score (nSPS) is 10.7. The topological polar surface area (TPSA) is 52.3 Å². The number of nitrogens with zero attached hydrogens (tertiary/aromatic N) is 4. The highest BCUT2D eigenvalue weighted by Gasteiger charge is 2.16. The molecule has 0 atom stereocenters. The van der Waals surface area contributed by atoms with Crippen LogP contribution in [-0.4, -0.2) is 26.7 Å². The van der Waals surface area contributed by atoms with Crippen molar-refractivity contribution in [2.75, 3.05) is 7.11 Å². The highest BCUT2D eigenvalue weighted by atomic mass is 35.5. The van der Waals surface area contributed by atoms with Crippen LogP contribution < -0.4 is 4.74 Å². The van der Waals surface area contributed by atoms with Crippen molar-refractivity contribution in [2.24, 2.45) is 0 Å². The van der Waals surface area contributed by atoms with Crippen molar-refractivity contribution in [1.29, 1.82) is 0 Å². The van der Waals surface area contributed by atoms with E-state index in [4.69, 9.17) is 16.3 Å². The fourth-order valence-corrected chi connectivity index (χ4v) is 3.37. The van der Waals surface area contributed by atoms with Crippen molar-refractivity contribution in [3.63, 3.8) is 0 Å². The quantitative estimate of drug-likeness (QED) is 0.453. The fourth-order valence-electron chi connectivity index (χ4n) is 3.21. The molecule has 3 heterocycles. The molecule has 134 valence electrons. The lowest BCUT2D eigenvalue weighted by Crippen LogP contribution is -1.97. The Morgan fingerprint density at radius 3 is 2.62 bits per heavy atom. The molecule has 0 radical (unpaired) electrons. The Morgan fingerprint density at radius 2 is 1.88 bits per heavy atom. The van der Waals surface area contributed by atoms with Gasteiger partial charge in [-0.2, -0.15) is 0 Å². The summed E-state index contributed by atoms with van der Waals surface area (Å²) in [6, 6.07) is 7.94. The molecule has 0 bridgehead atoms. The number of rotatable bonds is 2. The molecule has 6 heteroatoms. The summed E-state index contributed by atoms with van der Waals surface area (Å²) in [6.45, 7) is 8.14. The molecular weight excluding hydrogens is 348 g/mol. The molecule has 0 saturated heterocycles. The van der Waals surface area contributed by atoms with E-state index in [0.29, 0.717) is 5.15 Å². The fraction of sp³-hybridized carbons (Fsp3) is 0.250. The van der Waals surface area contributed by atoms with Gasteiger partial charge in [-0.15, -0.1) is 10.2 Å². The Balaban J connectivity index is 0.000000948. The number of fused-ring (bicyclic) bond motifs is 3. The van der Waals surface area contributed by atoms with Crippen LogP contribution in [0.2, 0.25) is 5.15 Å². The number of hydrogen-bond donors (Lipinski definition) is 0. The zero-order chi connectivity index (χ0) is 18.8. The van der Waals surface area contributed by atoms with Gasteiger partial charge in [-0.1, -0.05) is 31.5 Å². The first-order valence-corrected chi connectivity index (χ1v) is 8.90. The van der Waals surface area contributed by atoms with Gasteiger partial charge in [0.2, 0.25) is 0 Å². The van der Waals surface area contributed by atoms with E-state index >= 15 is 0 Å². The molecule has 0 fully saturated rings. The highest BCUT2D eigenvalue weighted by Crippen LogP contribution is 2.36. The van der Waals surface area contributed by atoms with Crippen LogP contribution in [-0.2, 0) is 0 Å². The molecule has 0 N–H and O–H groups in total. The number of aryl methyl sites for hydroxylation is 1. The van der Waals surface area contributed by atoms with Crippen LogP contribution in [0.15, 0.2) is 36.8 Å². The van der Waals surface area contributed by atoms with Crippen molar-refractivity contribution in [3.8, 4) is 16.9 Å². The second-order valence-corrected chi connectivity index (χ2v) is 6.12. The van der Waals surface area contributed by atoms with Crippen LogP contribution in [0.25, 0.3) is 27.7 Å². The third kappa shape index (κ3) is 2.88. The van der Waals surface area contributed by atoms with Crippen molar-refractivity contribution < 1.29 is 4.74 Å². The summed E-state index contributed by atoms with van der Waals surface area (Å²) in [5.74, 6) is 0.850. The van der Waals surface area contributed by atoms with Gasteiger partial charge >= 0.3 is 0 Å². The molecule has 0 saturated carbocycles. The third-order valence-electron chi connectivity index (χ3n) is 4.34. The van der Waals surface area contributed by atoms with Gasteiger partial charge in [-0.05, 0) is 42.7 Å². The maximum atomic E-state index is 6.05. The first-order chi connectivity index (χ1) is 12.6. The smallest absolute Gasteiger partial charge is 0.169 e. The average molecular weight is 369 g/mol. The van der Waals surface area contributed by atoms with Crippen LogP contribution >= 0.6 is 11.6 Å². The molecule has 5 nitrogen and oxygen atoms in total. The zero-order valence-corrected chi connectivity index (χ0v) is 16.3. The Hall–Kier alpha value is -2.66. The van der Waals surface area contributed by atoms with Gasteiger partial charge in [0.25, 0.3) is 0 Å². The van der Waals surface area contributed by atoms with Crippen molar-refractivity contribution in [3.05, 3.63) is 53.1 Å². The van der Waals surface area contributed by atoms with E-state index < -0.39 is 0 Å². The molecule has 4 aromatic rings. The van der Waals surface area contributed by atoms with Gasteiger partial charge in [0.05, 0.1) is 12.6 Å². The van der Waals surface area contributed by atoms with E-state index in [9.17, 15) is 0 Å². The Bertz CT molecular complexity index is 1090. The van der Waals surface area contributed by atoms with E-state index in [2.05, 4.69) is 41.2 Å². The summed E-state index contributed by atoms with van der Waals surface area (Å²) < 4.78 is 7.43. The minimum Gasteiger partial charge on any atom is -0.496 e. The lowest BCUT2D eigenvalue weighted by atomic mass is 9.95. The summed E-state index contributed by atoms with van der Waals surface area (Å²) >= 11 is 6.05. The number of hydrogen-bond acceptors (Lipinski definition) is 4. The second-order valence-electron chi connectivity index (χ2n) is 5.73. The number of methoxy groups -OCH3 is 1. The minimum atomic E-state index is 0.444. The molecule has 0 unspecified atom stereocenters. The van der Waals surface area contributed by atoms with Crippen LogP contribution in [0.1, 0.15) is 25.0 Å². The Labute approximate surface area is 157 Å². The van der Waals surface area contributed by atoms with Crippen LogP contribution in [0, 0.1) is 13.8 Å². The molecule has 4 rings (SSSR count). The average Bonchev–Trinajstić information content (AvgIpc) is 3.14. The number of pyridine rings is 2. The summed E-state index contributed by atoms with van der Waals surface area (Å²) in [7, 11) is 1.68. The maximum absolute atomic E-state index is 6.05. The summed E-state index contributed by atoms with van der Waals surface area (Å²) in [6.07, 6.45) is 3.47. The first-order valence-electron chi connectivity index (χ1n) is 8.52. The number of ether oxygens (including phenoxy) is 1. The summed E-state index contributed by atoms with van der Waals surface area (Å²) in [5, 5.41) is 9.83. The van der Waals surface area contributed by atoms with Crippen molar-refractivity contribution in [1.82, 2.24) is 19.6 Å². The standard InChI is InChI=1S/C18H15ClN4O.C2H6/c1-10-4-5-15(24-3)11(2)17(10)13-6-12-8-20-16(19)7-14(12)23-9-21-22-18(13)23;1-2/h4-9H,1-3H3;1-2H3. The number of aromatic nitrogens is 4. The van der Waals surface area contributed by atoms with Gasteiger partial charge < -0.3 is 4.74 Å². The van der Waals surface area contributed by atoms with Gasteiger partial charge in [0.15, 0.2) is 5.65 Å². The van der Waals surface area contributed by atoms with E-state index in [0.717, 1.165) is 44.6 Å². The maximum Gasteiger partial charge on any atom is 0.169 e. The molecule has 0 aliphatic carbocycles. The second kappa shape index (κ2) is 7.30. The highest BCUT2D eigenvalue weighted by molar-refractivity contribution is 6.30. The number of halogens is 1. The Morgan fingerprint density at radius 1 is 1.12 bits per heavy atom. The van der Waals surface area contributed by atoms with Gasteiger partial charge in [0, 0.05) is 23.2 Å². The van der Waals surface area contributed by atoms with Crippen LogP contribution in [0.3, 0.4) is 0 Å². The lowest BCUT2D eigenvalue weighted by molar-refractivity contribution is 0.412. The third-order valence-corrected chi connectivity index (χ3v) is 4.55. The van der Waals surface area contributed by atoms with Crippen LogP contribution in [0.5, 0.6) is 5.75 Å². The minimum absolute atomic E-state index is 0.444. The zero-order valence-electron chi connectivity index (χ0n) is 15.5. The molecule has 0 amide bonds. The van der Waals surface area contributed by atoms with Gasteiger partial charge in [-0.3, -0.25) is 4.40 Å². The first kappa shape index (κ1) is 18.1. The number of benzene rings is 1. The van der Waals surface area contributed by atoms with Gasteiger partial charge in [0.1, 0.15) is 17.2 Å². The monoisotopic (exact) mass is 368 g/mol. The lowest BCUT2D eigenvalue weighted by Gasteiger charge is -2.15. The summed E-state index contributed by atoms with van der Waals surface area (Å²) in [4.78, 5) is 4.20. The van der Waals surface area contributed by atoms with Crippen LogP contribution in [0.4, 0.5) is 0 Å². The Kier molecular flexibility index (Phi) is 5.09. The molecule has 0 aliphatic rings. The molecule has 0 spiro atoms. The summed E-state index contributed by atoms with van der Waals surface area (Å²) in [5.41, 5.74) is 6.03. The SMILES string of the molecule is CC.COc1ccc(C)c(-c2cc3cnc(Cl)cc3n3cnnc23)c1C. The van der Waals surface area contributed by atoms with E-state index in [1.165, 1.54) is 0 Å². The van der Waals surface area contributed by atoms with E-state index in [-0.39, 0.29) is 0 Å².